The summed E-state index contributed by atoms with van der Waals surface area (Å²) in [5.41, 5.74) is 0.880. The molecule has 3 nitrogen and oxygen atoms in total. The van der Waals surface area contributed by atoms with Gasteiger partial charge in [-0.05, 0) is 31.5 Å². The molecule has 0 aliphatic heterocycles. The summed E-state index contributed by atoms with van der Waals surface area (Å²) in [6.07, 6.45) is 0. The lowest BCUT2D eigenvalue weighted by atomic mass is 10.2. The van der Waals surface area contributed by atoms with Crippen LogP contribution < -0.4 is 0 Å². The molecule has 1 rings (SSSR count). The number of benzene rings is 1. The van der Waals surface area contributed by atoms with Crippen molar-refractivity contribution in [3.8, 4) is 0 Å². The Morgan fingerprint density at radius 3 is 2.65 bits per heavy atom. The van der Waals surface area contributed by atoms with E-state index in [1.165, 1.54) is 11.8 Å². The van der Waals surface area contributed by atoms with Gasteiger partial charge in [0.15, 0.2) is 0 Å². The molecule has 4 heteroatoms. The lowest BCUT2D eigenvalue weighted by Crippen LogP contribution is -2.31. The minimum Gasteiger partial charge on any atom is -0.392 e. The van der Waals surface area contributed by atoms with E-state index in [1.54, 1.807) is 0 Å². The Labute approximate surface area is 107 Å². The molecule has 0 aliphatic carbocycles. The molecule has 0 radical (unpaired) electrons. The molecule has 0 atom stereocenters. The average Bonchev–Trinajstić information content (AvgIpc) is 2.38. The van der Waals surface area contributed by atoms with Gasteiger partial charge in [-0.15, -0.1) is 11.8 Å². The maximum atomic E-state index is 11.8. The van der Waals surface area contributed by atoms with Crippen LogP contribution in [0.5, 0.6) is 0 Å². The van der Waals surface area contributed by atoms with Gasteiger partial charge in [0.1, 0.15) is 0 Å². The quantitative estimate of drug-likeness (QED) is 0.790. The molecule has 17 heavy (non-hydrogen) atoms. The van der Waals surface area contributed by atoms with Crippen molar-refractivity contribution in [2.24, 2.45) is 0 Å². The molecule has 0 saturated heterocycles. The first-order chi connectivity index (χ1) is 8.21. The first-order valence-electron chi connectivity index (χ1n) is 5.81. The van der Waals surface area contributed by atoms with Crippen LogP contribution in [0.4, 0.5) is 0 Å². The zero-order valence-electron chi connectivity index (χ0n) is 10.3. The van der Waals surface area contributed by atoms with Crippen LogP contribution in [0.25, 0.3) is 0 Å². The summed E-state index contributed by atoms with van der Waals surface area (Å²) in [6.45, 7) is 5.52. The van der Waals surface area contributed by atoms with Crippen molar-refractivity contribution in [2.75, 3.05) is 18.8 Å². The minimum absolute atomic E-state index is 0.0401. The summed E-state index contributed by atoms with van der Waals surface area (Å²) in [4.78, 5) is 14.6. The van der Waals surface area contributed by atoms with Crippen LogP contribution in [-0.2, 0) is 11.4 Å². The average molecular weight is 253 g/mol. The van der Waals surface area contributed by atoms with E-state index < -0.39 is 0 Å². The number of hydrogen-bond donors (Lipinski definition) is 1. The summed E-state index contributed by atoms with van der Waals surface area (Å²) < 4.78 is 0. The molecule has 1 aromatic rings. The minimum atomic E-state index is 0.0401. The van der Waals surface area contributed by atoms with Crippen LogP contribution in [0.1, 0.15) is 19.4 Å². The fourth-order valence-electron chi connectivity index (χ4n) is 1.55. The number of carbonyl (C=O) groups is 1. The Kier molecular flexibility index (Phi) is 6.08. The first kappa shape index (κ1) is 14.1. The van der Waals surface area contributed by atoms with Crippen LogP contribution >= 0.6 is 11.8 Å². The Balaban J connectivity index is 2.52. The topological polar surface area (TPSA) is 40.5 Å². The largest absolute Gasteiger partial charge is 0.392 e. The van der Waals surface area contributed by atoms with Gasteiger partial charge >= 0.3 is 0 Å². The van der Waals surface area contributed by atoms with E-state index in [0.717, 1.165) is 23.5 Å². The predicted octanol–water partition coefficient (Wildman–Crippen LogP) is 2.14. The molecule has 0 bridgehead atoms. The third-order valence-electron chi connectivity index (χ3n) is 2.56. The van der Waals surface area contributed by atoms with E-state index in [9.17, 15) is 4.79 Å². The third-order valence-corrected chi connectivity index (χ3v) is 3.54. The zero-order chi connectivity index (χ0) is 12.7. The van der Waals surface area contributed by atoms with E-state index in [0.29, 0.717) is 5.75 Å². The van der Waals surface area contributed by atoms with Gasteiger partial charge in [-0.1, -0.05) is 12.1 Å². The highest BCUT2D eigenvalue weighted by Gasteiger charge is 2.09. The van der Waals surface area contributed by atoms with E-state index in [1.807, 2.05) is 43.0 Å². The number of thioether (sulfide) groups is 1. The molecule has 0 aliphatic rings. The van der Waals surface area contributed by atoms with Crippen LogP contribution in [0.3, 0.4) is 0 Å². The molecule has 0 saturated carbocycles. The van der Waals surface area contributed by atoms with Crippen molar-refractivity contribution < 1.29 is 9.90 Å². The molecule has 0 spiro atoms. The van der Waals surface area contributed by atoms with Gasteiger partial charge in [0, 0.05) is 18.0 Å². The van der Waals surface area contributed by atoms with E-state index >= 15 is 0 Å². The Bertz CT molecular complexity index is 364. The molecular formula is C13H19NO2S. The second-order valence-corrected chi connectivity index (χ2v) is 4.71. The summed E-state index contributed by atoms with van der Waals surface area (Å²) in [6, 6.07) is 7.64. The number of hydrogen-bond acceptors (Lipinski definition) is 3. The van der Waals surface area contributed by atoms with Crippen molar-refractivity contribution in [1.82, 2.24) is 4.90 Å². The molecule has 0 heterocycles. The summed E-state index contributed by atoms with van der Waals surface area (Å²) in [5.74, 6) is 0.616. The van der Waals surface area contributed by atoms with Crippen LogP contribution in [0, 0.1) is 0 Å². The fraction of sp³-hybridized carbons (Fsp3) is 0.462. The lowest BCUT2D eigenvalue weighted by molar-refractivity contribution is -0.127. The smallest absolute Gasteiger partial charge is 0.232 e. The van der Waals surface area contributed by atoms with Gasteiger partial charge in [-0.25, -0.2) is 0 Å². The van der Waals surface area contributed by atoms with Gasteiger partial charge in [0.2, 0.25) is 5.91 Å². The van der Waals surface area contributed by atoms with Crippen molar-refractivity contribution >= 4 is 17.7 Å². The highest BCUT2D eigenvalue weighted by atomic mass is 32.2. The number of aliphatic hydroxyl groups excluding tert-OH is 1. The highest BCUT2D eigenvalue weighted by molar-refractivity contribution is 8.00. The summed E-state index contributed by atoms with van der Waals surface area (Å²) in [7, 11) is 0. The van der Waals surface area contributed by atoms with Crippen LogP contribution in [-0.4, -0.2) is 34.8 Å². The standard InChI is InChI=1S/C13H19NO2S/c1-3-14(4-2)13(16)10-17-12-7-5-6-11(8-12)9-15/h5-8,15H,3-4,9-10H2,1-2H3. The molecule has 1 amide bonds. The maximum Gasteiger partial charge on any atom is 0.232 e. The second kappa shape index (κ2) is 7.35. The van der Waals surface area contributed by atoms with Gasteiger partial charge in [0.05, 0.1) is 12.4 Å². The second-order valence-electron chi connectivity index (χ2n) is 3.66. The Morgan fingerprint density at radius 1 is 1.35 bits per heavy atom. The van der Waals surface area contributed by atoms with E-state index in [2.05, 4.69) is 0 Å². The van der Waals surface area contributed by atoms with Crippen LogP contribution in [0.15, 0.2) is 29.2 Å². The van der Waals surface area contributed by atoms with Crippen molar-refractivity contribution in [3.63, 3.8) is 0 Å². The Hall–Kier alpha value is -1.00. The van der Waals surface area contributed by atoms with Crippen molar-refractivity contribution in [3.05, 3.63) is 29.8 Å². The molecule has 94 valence electrons. The van der Waals surface area contributed by atoms with Crippen LogP contribution in [0.2, 0.25) is 0 Å². The molecular weight excluding hydrogens is 234 g/mol. The zero-order valence-corrected chi connectivity index (χ0v) is 11.2. The Morgan fingerprint density at radius 2 is 2.06 bits per heavy atom. The predicted molar refractivity (Wildman–Crippen MR) is 71.0 cm³/mol. The highest BCUT2D eigenvalue weighted by Crippen LogP contribution is 2.19. The summed E-state index contributed by atoms with van der Waals surface area (Å²) in [5, 5.41) is 9.02. The number of nitrogens with zero attached hydrogens (tertiary/aromatic N) is 1. The van der Waals surface area contributed by atoms with Gasteiger partial charge in [-0.2, -0.15) is 0 Å². The monoisotopic (exact) mass is 253 g/mol. The molecule has 0 fully saturated rings. The van der Waals surface area contributed by atoms with Gasteiger partial charge < -0.3 is 10.0 Å². The maximum absolute atomic E-state index is 11.8. The number of amides is 1. The van der Waals surface area contributed by atoms with E-state index in [4.69, 9.17) is 5.11 Å². The van der Waals surface area contributed by atoms with E-state index in [-0.39, 0.29) is 12.5 Å². The van der Waals surface area contributed by atoms with Crippen molar-refractivity contribution in [2.45, 2.75) is 25.3 Å². The number of rotatable bonds is 6. The normalized spacial score (nSPS) is 10.3. The first-order valence-corrected chi connectivity index (χ1v) is 6.80. The molecule has 1 aromatic carbocycles. The van der Waals surface area contributed by atoms with Gasteiger partial charge in [-0.3, -0.25) is 4.79 Å². The fourth-order valence-corrected chi connectivity index (χ4v) is 2.43. The lowest BCUT2D eigenvalue weighted by Gasteiger charge is -2.18. The SMILES string of the molecule is CCN(CC)C(=O)CSc1cccc(CO)c1. The summed E-state index contributed by atoms with van der Waals surface area (Å²) >= 11 is 1.51. The number of carbonyl (C=O) groups excluding carboxylic acids is 1. The molecule has 0 unspecified atom stereocenters. The third kappa shape index (κ3) is 4.40. The molecule has 1 N–H and O–H groups in total. The van der Waals surface area contributed by atoms with Crippen molar-refractivity contribution in [1.29, 1.82) is 0 Å². The number of aliphatic hydroxyl groups is 1. The van der Waals surface area contributed by atoms with Gasteiger partial charge in [0.25, 0.3) is 0 Å². The molecule has 0 aromatic heterocycles.